The average molecular weight is 213 g/mol. The Bertz CT molecular complexity index is 234. The van der Waals surface area contributed by atoms with E-state index in [1.807, 2.05) is 0 Å². The van der Waals surface area contributed by atoms with E-state index in [4.69, 9.17) is 9.84 Å². The summed E-state index contributed by atoms with van der Waals surface area (Å²) >= 11 is 0. The molecular weight excluding hydrogens is 194 g/mol. The van der Waals surface area contributed by atoms with Crippen LogP contribution in [0.4, 0.5) is 0 Å². The van der Waals surface area contributed by atoms with E-state index in [1.165, 1.54) is 6.08 Å². The topological polar surface area (TPSA) is 58.6 Å². The Labute approximate surface area is 90.3 Å². The Hall–Kier alpha value is -0.870. The molecule has 0 radical (unpaired) electrons. The first-order valence-electron chi connectivity index (χ1n) is 5.37. The fraction of sp³-hybridized carbons (Fsp3) is 0.727. The van der Waals surface area contributed by atoms with E-state index in [0.717, 1.165) is 19.4 Å². The maximum Gasteiger partial charge on any atom is 0.330 e. The normalized spacial score (nSPS) is 18.0. The molecule has 0 amide bonds. The first-order valence-corrected chi connectivity index (χ1v) is 5.37. The summed E-state index contributed by atoms with van der Waals surface area (Å²) in [6.07, 6.45) is 5.36. The van der Waals surface area contributed by atoms with E-state index in [-0.39, 0.29) is 18.0 Å². The standard InChI is InChI=1S/C11H19NO3/c1-2-15-10(14)4-3-7-12-8-11(9-13)5-6-11/h3-4,12-13H,2,5-9H2,1H3/b4-3+. The van der Waals surface area contributed by atoms with E-state index < -0.39 is 0 Å². The predicted molar refractivity (Wildman–Crippen MR) is 57.4 cm³/mol. The van der Waals surface area contributed by atoms with Crippen molar-refractivity contribution in [2.75, 3.05) is 26.3 Å². The molecule has 0 heterocycles. The summed E-state index contributed by atoms with van der Waals surface area (Å²) in [5.41, 5.74) is 0.123. The van der Waals surface area contributed by atoms with Crippen LogP contribution in [0.15, 0.2) is 12.2 Å². The van der Waals surface area contributed by atoms with Gasteiger partial charge < -0.3 is 15.2 Å². The zero-order valence-corrected chi connectivity index (χ0v) is 9.16. The molecule has 0 unspecified atom stereocenters. The van der Waals surface area contributed by atoms with Crippen molar-refractivity contribution in [1.82, 2.24) is 5.32 Å². The number of carbonyl (C=O) groups excluding carboxylic acids is 1. The van der Waals surface area contributed by atoms with Crippen LogP contribution >= 0.6 is 0 Å². The van der Waals surface area contributed by atoms with Gasteiger partial charge in [-0.2, -0.15) is 0 Å². The molecule has 0 atom stereocenters. The lowest BCUT2D eigenvalue weighted by Crippen LogP contribution is -2.26. The number of hydrogen-bond acceptors (Lipinski definition) is 4. The summed E-state index contributed by atoms with van der Waals surface area (Å²) < 4.78 is 4.73. The van der Waals surface area contributed by atoms with Crippen LogP contribution in [0.5, 0.6) is 0 Å². The summed E-state index contributed by atoms with van der Waals surface area (Å²) in [7, 11) is 0. The number of aliphatic hydroxyl groups is 1. The third-order valence-electron chi connectivity index (χ3n) is 2.60. The maximum atomic E-state index is 10.9. The predicted octanol–water partition coefficient (Wildman–Crippen LogP) is 0.468. The van der Waals surface area contributed by atoms with Gasteiger partial charge in [0.15, 0.2) is 0 Å². The monoisotopic (exact) mass is 213 g/mol. The molecule has 4 heteroatoms. The SMILES string of the molecule is CCOC(=O)/C=C/CNCC1(CO)CC1. The van der Waals surface area contributed by atoms with Gasteiger partial charge in [0.25, 0.3) is 0 Å². The Kier molecular flexibility index (Phi) is 4.78. The molecule has 1 saturated carbocycles. The highest BCUT2D eigenvalue weighted by molar-refractivity contribution is 5.81. The van der Waals surface area contributed by atoms with Gasteiger partial charge in [-0.25, -0.2) is 4.79 Å². The minimum absolute atomic E-state index is 0.123. The number of carbonyl (C=O) groups is 1. The number of nitrogens with one attached hydrogen (secondary N) is 1. The van der Waals surface area contributed by atoms with Crippen molar-refractivity contribution in [3.8, 4) is 0 Å². The highest BCUT2D eigenvalue weighted by atomic mass is 16.5. The van der Waals surface area contributed by atoms with E-state index in [0.29, 0.717) is 13.2 Å². The van der Waals surface area contributed by atoms with E-state index in [2.05, 4.69) is 5.32 Å². The third-order valence-corrected chi connectivity index (χ3v) is 2.60. The Balaban J connectivity index is 2.03. The fourth-order valence-electron chi connectivity index (χ4n) is 1.33. The third kappa shape index (κ3) is 4.44. The number of rotatable bonds is 7. The van der Waals surface area contributed by atoms with Gasteiger partial charge in [-0.05, 0) is 19.8 Å². The van der Waals surface area contributed by atoms with Crippen molar-refractivity contribution in [1.29, 1.82) is 0 Å². The van der Waals surface area contributed by atoms with Crippen molar-refractivity contribution in [3.05, 3.63) is 12.2 Å². The smallest absolute Gasteiger partial charge is 0.330 e. The second-order valence-electron chi connectivity index (χ2n) is 3.94. The minimum Gasteiger partial charge on any atom is -0.463 e. The molecule has 4 nitrogen and oxygen atoms in total. The molecule has 1 aliphatic carbocycles. The second kappa shape index (κ2) is 5.88. The van der Waals surface area contributed by atoms with Gasteiger partial charge in [0.1, 0.15) is 0 Å². The van der Waals surface area contributed by atoms with Crippen LogP contribution in [-0.4, -0.2) is 37.4 Å². The van der Waals surface area contributed by atoms with Gasteiger partial charge in [0, 0.05) is 31.2 Å². The molecule has 1 aliphatic rings. The lowest BCUT2D eigenvalue weighted by Gasteiger charge is -2.10. The Morgan fingerprint density at radius 3 is 2.87 bits per heavy atom. The van der Waals surface area contributed by atoms with Crippen molar-refractivity contribution in [2.24, 2.45) is 5.41 Å². The Morgan fingerprint density at radius 1 is 1.60 bits per heavy atom. The van der Waals surface area contributed by atoms with Crippen molar-refractivity contribution < 1.29 is 14.6 Å². The van der Waals surface area contributed by atoms with Crippen LogP contribution in [0.1, 0.15) is 19.8 Å². The van der Waals surface area contributed by atoms with Gasteiger partial charge >= 0.3 is 5.97 Å². The molecule has 86 valence electrons. The zero-order chi connectivity index (χ0) is 11.1. The molecule has 15 heavy (non-hydrogen) atoms. The zero-order valence-electron chi connectivity index (χ0n) is 9.16. The van der Waals surface area contributed by atoms with E-state index >= 15 is 0 Å². The van der Waals surface area contributed by atoms with E-state index in [9.17, 15) is 4.79 Å². The summed E-state index contributed by atoms with van der Waals surface area (Å²) in [6, 6.07) is 0. The minimum atomic E-state index is -0.303. The largest absolute Gasteiger partial charge is 0.463 e. The molecule has 0 aromatic rings. The summed E-state index contributed by atoms with van der Waals surface area (Å²) in [5.74, 6) is -0.303. The lowest BCUT2D eigenvalue weighted by atomic mass is 10.1. The van der Waals surface area contributed by atoms with Crippen LogP contribution < -0.4 is 5.32 Å². The average Bonchev–Trinajstić information content (AvgIpc) is 2.99. The number of aliphatic hydroxyl groups excluding tert-OH is 1. The van der Waals surface area contributed by atoms with Gasteiger partial charge in [0.2, 0.25) is 0 Å². The molecule has 0 aliphatic heterocycles. The molecule has 1 rings (SSSR count). The van der Waals surface area contributed by atoms with Gasteiger partial charge in [0.05, 0.1) is 6.61 Å². The van der Waals surface area contributed by atoms with Crippen LogP contribution in [0.2, 0.25) is 0 Å². The first kappa shape index (κ1) is 12.2. The van der Waals surface area contributed by atoms with Gasteiger partial charge in [-0.15, -0.1) is 0 Å². The number of esters is 1. The molecule has 0 aromatic heterocycles. The number of hydrogen-bond donors (Lipinski definition) is 2. The fourth-order valence-corrected chi connectivity index (χ4v) is 1.33. The van der Waals surface area contributed by atoms with Crippen molar-refractivity contribution >= 4 is 5.97 Å². The summed E-state index contributed by atoms with van der Waals surface area (Å²) in [6.45, 7) is 3.89. The molecule has 0 spiro atoms. The summed E-state index contributed by atoms with van der Waals surface area (Å²) in [5, 5.41) is 12.2. The van der Waals surface area contributed by atoms with Crippen LogP contribution in [0, 0.1) is 5.41 Å². The first-order chi connectivity index (χ1) is 7.22. The Morgan fingerprint density at radius 2 is 2.33 bits per heavy atom. The second-order valence-corrected chi connectivity index (χ2v) is 3.94. The number of ether oxygens (including phenoxy) is 1. The molecule has 2 N–H and O–H groups in total. The van der Waals surface area contributed by atoms with Crippen molar-refractivity contribution in [3.63, 3.8) is 0 Å². The van der Waals surface area contributed by atoms with Gasteiger partial charge in [-0.3, -0.25) is 0 Å². The molecule has 0 bridgehead atoms. The molecular formula is C11H19NO3. The quantitative estimate of drug-likeness (QED) is 0.366. The highest BCUT2D eigenvalue weighted by Crippen LogP contribution is 2.44. The molecule has 1 fully saturated rings. The lowest BCUT2D eigenvalue weighted by molar-refractivity contribution is -0.137. The van der Waals surface area contributed by atoms with E-state index in [1.54, 1.807) is 13.0 Å². The van der Waals surface area contributed by atoms with Gasteiger partial charge in [-0.1, -0.05) is 6.08 Å². The van der Waals surface area contributed by atoms with Crippen LogP contribution in [0.3, 0.4) is 0 Å². The highest BCUT2D eigenvalue weighted by Gasteiger charge is 2.41. The van der Waals surface area contributed by atoms with Crippen molar-refractivity contribution in [2.45, 2.75) is 19.8 Å². The molecule has 0 aromatic carbocycles. The maximum absolute atomic E-state index is 10.9. The summed E-state index contributed by atoms with van der Waals surface area (Å²) in [4.78, 5) is 10.9. The molecule has 0 saturated heterocycles. The van der Waals surface area contributed by atoms with Crippen LogP contribution in [0.25, 0.3) is 0 Å². The van der Waals surface area contributed by atoms with Crippen LogP contribution in [-0.2, 0) is 9.53 Å².